The average Bonchev–Trinajstić information content (AvgIpc) is 2.41. The zero-order valence-corrected chi connectivity index (χ0v) is 12.9. The summed E-state index contributed by atoms with van der Waals surface area (Å²) in [4.78, 5) is 16.0. The van der Waals surface area contributed by atoms with Crippen LogP contribution >= 0.6 is 23.2 Å². The van der Waals surface area contributed by atoms with Crippen molar-refractivity contribution in [1.29, 1.82) is 0 Å². The number of carbonyl (C=O) groups excluding carboxylic acids is 1. The number of nitrogens with zero attached hydrogens (tertiary/aromatic N) is 1. The Morgan fingerprint density at radius 2 is 2.11 bits per heavy atom. The summed E-state index contributed by atoms with van der Waals surface area (Å²) in [7, 11) is 0. The van der Waals surface area contributed by atoms with Crippen molar-refractivity contribution in [3.05, 3.63) is 28.0 Å². The Labute approximate surface area is 124 Å². The molecule has 1 aromatic rings. The summed E-state index contributed by atoms with van der Waals surface area (Å²) in [6.45, 7) is 4.96. The molecular formula is C14H20Cl2N2O. The average molecular weight is 303 g/mol. The lowest BCUT2D eigenvalue weighted by Crippen LogP contribution is -2.30. The minimum atomic E-state index is -0.262. The SMILES string of the molecule is CCCCC(CC)CNC(=O)c1nc(Cl)ccc1Cl. The van der Waals surface area contributed by atoms with Crippen molar-refractivity contribution in [3.8, 4) is 0 Å². The molecule has 0 aliphatic heterocycles. The first-order chi connectivity index (χ1) is 9.08. The minimum Gasteiger partial charge on any atom is -0.350 e. The molecule has 0 radical (unpaired) electrons. The van der Waals surface area contributed by atoms with Crippen LogP contribution in [0.25, 0.3) is 0 Å². The van der Waals surface area contributed by atoms with Crippen molar-refractivity contribution in [2.75, 3.05) is 6.54 Å². The van der Waals surface area contributed by atoms with Crippen LogP contribution in [-0.2, 0) is 0 Å². The summed E-state index contributed by atoms with van der Waals surface area (Å²) in [6.07, 6.45) is 4.54. The molecule has 1 N–H and O–H groups in total. The molecular weight excluding hydrogens is 283 g/mol. The van der Waals surface area contributed by atoms with Gasteiger partial charge in [0.05, 0.1) is 5.02 Å². The number of pyridine rings is 1. The van der Waals surface area contributed by atoms with Gasteiger partial charge in [0.2, 0.25) is 0 Å². The van der Waals surface area contributed by atoms with Gasteiger partial charge in [0.25, 0.3) is 5.91 Å². The normalized spacial score (nSPS) is 12.2. The van der Waals surface area contributed by atoms with Gasteiger partial charge in [-0.2, -0.15) is 0 Å². The van der Waals surface area contributed by atoms with E-state index in [1.807, 2.05) is 0 Å². The second-order valence-electron chi connectivity index (χ2n) is 4.59. The molecule has 0 saturated heterocycles. The van der Waals surface area contributed by atoms with Crippen LogP contribution in [0.5, 0.6) is 0 Å². The van der Waals surface area contributed by atoms with Gasteiger partial charge in [-0.3, -0.25) is 4.79 Å². The molecule has 1 rings (SSSR count). The maximum absolute atomic E-state index is 12.0. The van der Waals surface area contributed by atoms with Crippen molar-refractivity contribution in [1.82, 2.24) is 10.3 Å². The second kappa shape index (κ2) is 8.39. The predicted molar refractivity (Wildman–Crippen MR) is 79.9 cm³/mol. The van der Waals surface area contributed by atoms with Gasteiger partial charge in [0.1, 0.15) is 10.8 Å². The lowest BCUT2D eigenvalue weighted by atomic mass is 9.99. The van der Waals surface area contributed by atoms with Crippen molar-refractivity contribution >= 4 is 29.1 Å². The van der Waals surface area contributed by atoms with Gasteiger partial charge in [0.15, 0.2) is 0 Å². The van der Waals surface area contributed by atoms with E-state index in [-0.39, 0.29) is 16.8 Å². The quantitative estimate of drug-likeness (QED) is 0.762. The Balaban J connectivity index is 2.56. The fraction of sp³-hybridized carbons (Fsp3) is 0.571. The number of nitrogens with one attached hydrogen (secondary N) is 1. The maximum Gasteiger partial charge on any atom is 0.271 e. The minimum absolute atomic E-state index is 0.194. The van der Waals surface area contributed by atoms with E-state index < -0.39 is 0 Å². The van der Waals surface area contributed by atoms with E-state index in [1.54, 1.807) is 12.1 Å². The fourth-order valence-corrected chi connectivity index (χ4v) is 2.18. The molecule has 0 bridgehead atoms. The van der Waals surface area contributed by atoms with Crippen LogP contribution in [0.1, 0.15) is 50.0 Å². The van der Waals surface area contributed by atoms with Crippen LogP contribution in [-0.4, -0.2) is 17.4 Å². The molecule has 19 heavy (non-hydrogen) atoms. The molecule has 3 nitrogen and oxygen atoms in total. The first-order valence-electron chi connectivity index (χ1n) is 6.68. The van der Waals surface area contributed by atoms with E-state index >= 15 is 0 Å². The standard InChI is InChI=1S/C14H20Cl2N2O/c1-3-5-6-10(4-2)9-17-14(19)13-11(15)7-8-12(16)18-13/h7-8,10H,3-6,9H2,1-2H3,(H,17,19). The number of hydrogen-bond acceptors (Lipinski definition) is 2. The highest BCUT2D eigenvalue weighted by Gasteiger charge is 2.14. The van der Waals surface area contributed by atoms with E-state index in [0.29, 0.717) is 17.5 Å². The molecule has 0 aliphatic carbocycles. The number of hydrogen-bond donors (Lipinski definition) is 1. The van der Waals surface area contributed by atoms with Gasteiger partial charge in [-0.25, -0.2) is 4.98 Å². The first-order valence-corrected chi connectivity index (χ1v) is 7.44. The predicted octanol–water partition coefficient (Wildman–Crippen LogP) is 4.33. The van der Waals surface area contributed by atoms with E-state index in [4.69, 9.17) is 23.2 Å². The number of unbranched alkanes of at least 4 members (excludes halogenated alkanes) is 1. The van der Waals surface area contributed by atoms with E-state index in [1.165, 1.54) is 12.8 Å². The van der Waals surface area contributed by atoms with Crippen molar-refractivity contribution in [3.63, 3.8) is 0 Å². The molecule has 0 aliphatic rings. The number of rotatable bonds is 7. The molecule has 0 aromatic carbocycles. The van der Waals surface area contributed by atoms with E-state index in [0.717, 1.165) is 12.8 Å². The van der Waals surface area contributed by atoms with Crippen molar-refractivity contribution in [2.24, 2.45) is 5.92 Å². The van der Waals surface area contributed by atoms with Crippen LogP contribution in [0, 0.1) is 5.92 Å². The van der Waals surface area contributed by atoms with Gasteiger partial charge in [0, 0.05) is 6.54 Å². The van der Waals surface area contributed by atoms with Gasteiger partial charge in [-0.05, 0) is 24.5 Å². The van der Waals surface area contributed by atoms with Crippen LogP contribution in [0.4, 0.5) is 0 Å². The highest BCUT2D eigenvalue weighted by atomic mass is 35.5. The van der Waals surface area contributed by atoms with Crippen LogP contribution in [0.2, 0.25) is 10.2 Å². The molecule has 1 heterocycles. The van der Waals surface area contributed by atoms with Crippen LogP contribution in [0.3, 0.4) is 0 Å². The zero-order chi connectivity index (χ0) is 14.3. The number of aromatic nitrogens is 1. The lowest BCUT2D eigenvalue weighted by molar-refractivity contribution is 0.0941. The maximum atomic E-state index is 12.0. The number of carbonyl (C=O) groups is 1. The van der Waals surface area contributed by atoms with Gasteiger partial charge in [-0.1, -0.05) is 56.3 Å². The monoisotopic (exact) mass is 302 g/mol. The Kier molecular flexibility index (Phi) is 7.17. The molecule has 0 spiro atoms. The van der Waals surface area contributed by atoms with Gasteiger partial charge >= 0.3 is 0 Å². The van der Waals surface area contributed by atoms with E-state index in [9.17, 15) is 4.79 Å². The van der Waals surface area contributed by atoms with Gasteiger partial charge < -0.3 is 5.32 Å². The zero-order valence-electron chi connectivity index (χ0n) is 11.4. The molecule has 1 aromatic heterocycles. The summed E-state index contributed by atoms with van der Waals surface area (Å²) in [5, 5.41) is 3.48. The number of amides is 1. The largest absolute Gasteiger partial charge is 0.350 e. The smallest absolute Gasteiger partial charge is 0.271 e. The third-order valence-electron chi connectivity index (χ3n) is 3.12. The summed E-state index contributed by atoms with van der Waals surface area (Å²) >= 11 is 11.7. The molecule has 1 atom stereocenters. The summed E-state index contributed by atoms with van der Waals surface area (Å²) in [5.74, 6) is 0.240. The molecule has 106 valence electrons. The third kappa shape index (κ3) is 5.37. The molecule has 0 saturated carbocycles. The second-order valence-corrected chi connectivity index (χ2v) is 5.39. The Morgan fingerprint density at radius 3 is 2.74 bits per heavy atom. The van der Waals surface area contributed by atoms with Crippen molar-refractivity contribution < 1.29 is 4.79 Å². The Hall–Kier alpha value is -0.800. The highest BCUT2D eigenvalue weighted by molar-refractivity contribution is 6.34. The molecule has 5 heteroatoms. The summed E-state index contributed by atoms with van der Waals surface area (Å²) in [6, 6.07) is 3.15. The fourth-order valence-electron chi connectivity index (χ4n) is 1.84. The van der Waals surface area contributed by atoms with Crippen LogP contribution < -0.4 is 5.32 Å². The van der Waals surface area contributed by atoms with Crippen molar-refractivity contribution in [2.45, 2.75) is 39.5 Å². The van der Waals surface area contributed by atoms with Gasteiger partial charge in [-0.15, -0.1) is 0 Å². The molecule has 1 amide bonds. The summed E-state index contributed by atoms with van der Waals surface area (Å²) < 4.78 is 0. The Bertz CT molecular complexity index is 424. The first kappa shape index (κ1) is 16.3. The lowest BCUT2D eigenvalue weighted by Gasteiger charge is -2.15. The topological polar surface area (TPSA) is 42.0 Å². The number of halogens is 2. The van der Waals surface area contributed by atoms with E-state index in [2.05, 4.69) is 24.1 Å². The Morgan fingerprint density at radius 1 is 1.37 bits per heavy atom. The molecule has 0 fully saturated rings. The summed E-state index contributed by atoms with van der Waals surface area (Å²) in [5.41, 5.74) is 0.194. The highest BCUT2D eigenvalue weighted by Crippen LogP contribution is 2.17. The third-order valence-corrected chi connectivity index (χ3v) is 3.64. The van der Waals surface area contributed by atoms with Crippen LogP contribution in [0.15, 0.2) is 12.1 Å². The molecule has 1 unspecified atom stereocenters.